The fraction of sp³-hybridized carbons (Fsp3) is 0.357. The Morgan fingerprint density at radius 2 is 1.84 bits per heavy atom. The number of nitrogens with zero attached hydrogens (tertiary/aromatic N) is 2. The predicted octanol–water partition coefficient (Wildman–Crippen LogP) is 2.08. The van der Waals surface area contributed by atoms with E-state index in [4.69, 9.17) is 5.73 Å². The number of rotatable bonds is 3. The van der Waals surface area contributed by atoms with Gasteiger partial charge in [-0.15, -0.1) is 0 Å². The molecule has 0 aliphatic rings. The van der Waals surface area contributed by atoms with Gasteiger partial charge in [-0.25, -0.2) is 9.07 Å². The minimum absolute atomic E-state index is 0.173. The normalized spacial score (nSPS) is 11.2. The minimum atomic E-state index is -0.287. The Labute approximate surface area is 111 Å². The van der Waals surface area contributed by atoms with Crippen LogP contribution >= 0.6 is 0 Å². The molecule has 2 aromatic rings. The van der Waals surface area contributed by atoms with Crippen LogP contribution in [0, 0.1) is 5.82 Å². The van der Waals surface area contributed by atoms with E-state index >= 15 is 0 Å². The molecule has 0 bridgehead atoms. The second-order valence-electron chi connectivity index (χ2n) is 4.97. The third kappa shape index (κ3) is 2.41. The maximum Gasteiger partial charge on any atom is 0.290 e. The van der Waals surface area contributed by atoms with Gasteiger partial charge < -0.3 is 5.73 Å². The number of aromatic nitrogens is 2. The van der Waals surface area contributed by atoms with E-state index in [2.05, 4.69) is 0 Å². The average molecular weight is 263 g/mol. The van der Waals surface area contributed by atoms with Gasteiger partial charge in [0, 0.05) is 7.05 Å². The summed E-state index contributed by atoms with van der Waals surface area (Å²) in [5.41, 5.74) is 7.65. The van der Waals surface area contributed by atoms with Crippen molar-refractivity contribution >= 4 is 5.69 Å². The van der Waals surface area contributed by atoms with E-state index in [1.165, 1.54) is 12.1 Å². The lowest BCUT2D eigenvalue weighted by Crippen LogP contribution is -2.23. The number of halogens is 1. The minimum Gasteiger partial charge on any atom is -0.393 e. The SMILES string of the molecule is CC(C)c1c(N)c(=O)n(Cc2ccc(F)cc2)n1C. The summed E-state index contributed by atoms with van der Waals surface area (Å²) < 4.78 is 16.2. The zero-order valence-electron chi connectivity index (χ0n) is 11.4. The zero-order chi connectivity index (χ0) is 14.2. The molecule has 1 aromatic heterocycles. The first-order chi connectivity index (χ1) is 8.91. The van der Waals surface area contributed by atoms with Gasteiger partial charge in [0.25, 0.3) is 5.56 Å². The van der Waals surface area contributed by atoms with E-state index in [-0.39, 0.29) is 17.3 Å². The van der Waals surface area contributed by atoms with Crippen molar-refractivity contribution in [2.24, 2.45) is 7.05 Å². The van der Waals surface area contributed by atoms with Gasteiger partial charge in [0.15, 0.2) is 0 Å². The molecule has 0 saturated carbocycles. The summed E-state index contributed by atoms with van der Waals surface area (Å²) in [7, 11) is 1.82. The van der Waals surface area contributed by atoms with Crippen LogP contribution in [0.2, 0.25) is 0 Å². The summed E-state index contributed by atoms with van der Waals surface area (Å²) in [5.74, 6) is -0.113. The number of hydrogen-bond donors (Lipinski definition) is 1. The van der Waals surface area contributed by atoms with Crippen molar-refractivity contribution < 1.29 is 4.39 Å². The lowest BCUT2D eigenvalue weighted by atomic mass is 10.1. The van der Waals surface area contributed by atoms with Crippen molar-refractivity contribution in [1.29, 1.82) is 0 Å². The third-order valence-electron chi connectivity index (χ3n) is 3.24. The Morgan fingerprint density at radius 3 is 2.32 bits per heavy atom. The molecule has 1 aromatic carbocycles. The fourth-order valence-corrected chi connectivity index (χ4v) is 2.31. The van der Waals surface area contributed by atoms with Crippen LogP contribution < -0.4 is 11.3 Å². The molecule has 2 rings (SSSR count). The highest BCUT2D eigenvalue weighted by molar-refractivity contribution is 5.43. The van der Waals surface area contributed by atoms with Crippen molar-refractivity contribution in [2.45, 2.75) is 26.3 Å². The van der Waals surface area contributed by atoms with E-state index in [0.29, 0.717) is 12.2 Å². The quantitative estimate of drug-likeness (QED) is 0.921. The van der Waals surface area contributed by atoms with Gasteiger partial charge in [-0.05, 0) is 23.6 Å². The van der Waals surface area contributed by atoms with Crippen molar-refractivity contribution in [1.82, 2.24) is 9.36 Å². The number of nitrogen functional groups attached to an aromatic ring is 1. The second-order valence-corrected chi connectivity index (χ2v) is 4.97. The smallest absolute Gasteiger partial charge is 0.290 e. The first-order valence-electron chi connectivity index (χ1n) is 6.21. The Kier molecular flexibility index (Phi) is 3.46. The van der Waals surface area contributed by atoms with Gasteiger partial charge in [-0.2, -0.15) is 0 Å². The summed E-state index contributed by atoms with van der Waals surface area (Å²) in [6.07, 6.45) is 0. The van der Waals surface area contributed by atoms with Crippen molar-refractivity contribution in [3.63, 3.8) is 0 Å². The van der Waals surface area contributed by atoms with E-state index in [1.54, 1.807) is 21.5 Å². The number of anilines is 1. The van der Waals surface area contributed by atoms with Gasteiger partial charge in [0.05, 0.1) is 12.2 Å². The van der Waals surface area contributed by atoms with Crippen LogP contribution in [0.15, 0.2) is 29.1 Å². The van der Waals surface area contributed by atoms with Crippen molar-refractivity contribution in [3.05, 3.63) is 51.7 Å². The lowest BCUT2D eigenvalue weighted by Gasteiger charge is -2.12. The van der Waals surface area contributed by atoms with Crippen LogP contribution in [-0.4, -0.2) is 9.36 Å². The monoisotopic (exact) mass is 263 g/mol. The molecule has 1 heterocycles. The largest absolute Gasteiger partial charge is 0.393 e. The number of hydrogen-bond acceptors (Lipinski definition) is 2. The van der Waals surface area contributed by atoms with Crippen LogP contribution in [0.4, 0.5) is 10.1 Å². The molecule has 0 aliphatic heterocycles. The Hall–Kier alpha value is -2.04. The molecule has 0 radical (unpaired) electrons. The Morgan fingerprint density at radius 1 is 1.26 bits per heavy atom. The lowest BCUT2D eigenvalue weighted by molar-refractivity contribution is 0.508. The third-order valence-corrected chi connectivity index (χ3v) is 3.24. The highest BCUT2D eigenvalue weighted by Gasteiger charge is 2.17. The van der Waals surface area contributed by atoms with Crippen molar-refractivity contribution in [2.75, 3.05) is 5.73 Å². The summed E-state index contributed by atoms with van der Waals surface area (Å²) in [4.78, 5) is 12.1. The summed E-state index contributed by atoms with van der Waals surface area (Å²) in [5, 5.41) is 0. The molecule has 0 atom stereocenters. The molecule has 0 unspecified atom stereocenters. The first kappa shape index (κ1) is 13.4. The summed E-state index contributed by atoms with van der Waals surface area (Å²) >= 11 is 0. The molecule has 0 amide bonds. The molecule has 102 valence electrons. The molecular weight excluding hydrogens is 245 g/mol. The standard InChI is InChI=1S/C14H18FN3O/c1-9(2)13-12(16)14(19)18(17(13)3)8-10-4-6-11(15)7-5-10/h4-7,9H,8,16H2,1-3H3. The molecule has 4 nitrogen and oxygen atoms in total. The van der Waals surface area contributed by atoms with E-state index in [0.717, 1.165) is 11.3 Å². The molecule has 0 saturated heterocycles. The van der Waals surface area contributed by atoms with Crippen LogP contribution in [0.3, 0.4) is 0 Å². The van der Waals surface area contributed by atoms with Crippen molar-refractivity contribution in [3.8, 4) is 0 Å². The summed E-state index contributed by atoms with van der Waals surface area (Å²) in [6.45, 7) is 4.37. The van der Waals surface area contributed by atoms with Crippen LogP contribution in [0.5, 0.6) is 0 Å². The van der Waals surface area contributed by atoms with Gasteiger partial charge in [-0.1, -0.05) is 26.0 Å². The molecule has 2 N–H and O–H groups in total. The fourth-order valence-electron chi connectivity index (χ4n) is 2.31. The summed E-state index contributed by atoms with van der Waals surface area (Å²) in [6, 6.07) is 6.10. The maximum atomic E-state index is 12.9. The molecular formula is C14H18FN3O. The molecule has 0 spiro atoms. The Balaban J connectivity index is 2.44. The average Bonchev–Trinajstić information content (AvgIpc) is 2.56. The van der Waals surface area contributed by atoms with Crippen LogP contribution in [-0.2, 0) is 13.6 Å². The topological polar surface area (TPSA) is 53.0 Å². The van der Waals surface area contributed by atoms with Gasteiger partial charge in [0.1, 0.15) is 11.5 Å². The van der Waals surface area contributed by atoms with Crippen LogP contribution in [0.25, 0.3) is 0 Å². The maximum absolute atomic E-state index is 12.9. The van der Waals surface area contributed by atoms with E-state index < -0.39 is 0 Å². The molecule has 5 heteroatoms. The zero-order valence-corrected chi connectivity index (χ0v) is 11.4. The van der Waals surface area contributed by atoms with E-state index in [1.807, 2.05) is 20.9 Å². The predicted molar refractivity (Wildman–Crippen MR) is 73.7 cm³/mol. The highest BCUT2D eigenvalue weighted by Crippen LogP contribution is 2.19. The highest BCUT2D eigenvalue weighted by atomic mass is 19.1. The first-order valence-corrected chi connectivity index (χ1v) is 6.21. The molecule has 0 fully saturated rings. The molecule has 19 heavy (non-hydrogen) atoms. The van der Waals surface area contributed by atoms with Gasteiger partial charge >= 0.3 is 0 Å². The van der Waals surface area contributed by atoms with E-state index in [9.17, 15) is 9.18 Å². The Bertz CT molecular complexity index is 638. The number of nitrogens with two attached hydrogens (primary N) is 1. The van der Waals surface area contributed by atoms with Gasteiger partial charge in [0.2, 0.25) is 0 Å². The number of benzene rings is 1. The van der Waals surface area contributed by atoms with Crippen LogP contribution in [0.1, 0.15) is 31.0 Å². The van der Waals surface area contributed by atoms with Gasteiger partial charge in [-0.3, -0.25) is 9.48 Å². The second kappa shape index (κ2) is 4.91. The molecule has 0 aliphatic carbocycles.